The van der Waals surface area contributed by atoms with Gasteiger partial charge in [0.1, 0.15) is 0 Å². The van der Waals surface area contributed by atoms with Crippen LogP contribution in [0.1, 0.15) is 39.8 Å². The highest BCUT2D eigenvalue weighted by Crippen LogP contribution is 2.29. The Morgan fingerprint density at radius 2 is 1.76 bits per heavy atom. The van der Waals surface area contributed by atoms with E-state index in [0.717, 1.165) is 17.0 Å². The van der Waals surface area contributed by atoms with Gasteiger partial charge in [0, 0.05) is 16.5 Å². The van der Waals surface area contributed by atoms with E-state index in [1.807, 2.05) is 41.8 Å². The molecule has 0 saturated heterocycles. The summed E-state index contributed by atoms with van der Waals surface area (Å²) < 4.78 is 6.92. The normalized spacial score (nSPS) is 10.7. The summed E-state index contributed by atoms with van der Waals surface area (Å²) in [5.74, 6) is 0.880. The molecule has 0 saturated carbocycles. The fourth-order valence-electron chi connectivity index (χ4n) is 3.73. The molecule has 0 unspecified atom stereocenters. The zero-order valence-corrected chi connectivity index (χ0v) is 22.9. The van der Waals surface area contributed by atoms with Crippen LogP contribution < -0.4 is 10.6 Å². The molecular formula is C28H28ClN5O3S. The molecule has 8 nitrogen and oxygen atoms in total. The zero-order valence-electron chi connectivity index (χ0n) is 21.3. The van der Waals surface area contributed by atoms with Crippen molar-refractivity contribution in [2.24, 2.45) is 0 Å². The van der Waals surface area contributed by atoms with Crippen LogP contribution in [0.2, 0.25) is 5.02 Å². The number of hydrogen-bond acceptors (Lipinski definition) is 6. The first kappa shape index (κ1) is 27.2. The van der Waals surface area contributed by atoms with Crippen LogP contribution in [0.25, 0.3) is 5.69 Å². The number of aromatic nitrogens is 3. The number of hydrogen-bond donors (Lipinski definition) is 2. The fraction of sp³-hybridized carbons (Fsp3) is 0.214. The molecule has 2 amide bonds. The number of nitrogens with one attached hydrogen (secondary N) is 2. The molecule has 0 aliphatic rings. The molecule has 0 aliphatic carbocycles. The minimum Gasteiger partial charge on any atom is -0.462 e. The van der Waals surface area contributed by atoms with Crippen molar-refractivity contribution in [3.05, 3.63) is 99.8 Å². The second kappa shape index (κ2) is 12.6. The summed E-state index contributed by atoms with van der Waals surface area (Å²) in [6.07, 6.45) is 0. The molecule has 1 aromatic heterocycles. The van der Waals surface area contributed by atoms with E-state index in [-0.39, 0.29) is 6.54 Å². The lowest BCUT2D eigenvalue weighted by molar-refractivity contribution is 0.0526. The quantitative estimate of drug-likeness (QED) is 0.187. The molecule has 0 aliphatic heterocycles. The first-order valence-corrected chi connectivity index (χ1v) is 13.4. The molecule has 0 atom stereocenters. The number of ether oxygens (including phenoxy) is 1. The highest BCUT2D eigenvalue weighted by atomic mass is 35.5. The van der Waals surface area contributed by atoms with Gasteiger partial charge in [-0.3, -0.25) is 4.57 Å². The Hall–Kier alpha value is -3.82. The second-order valence-electron chi connectivity index (χ2n) is 8.49. The van der Waals surface area contributed by atoms with Crippen molar-refractivity contribution >= 4 is 41.1 Å². The maximum absolute atomic E-state index is 12.6. The number of aryl methyl sites for hydroxylation is 2. The highest BCUT2D eigenvalue weighted by Gasteiger charge is 2.18. The van der Waals surface area contributed by atoms with Gasteiger partial charge < -0.3 is 15.4 Å². The third-order valence-corrected chi connectivity index (χ3v) is 7.00. The minimum atomic E-state index is -0.416. The monoisotopic (exact) mass is 549 g/mol. The largest absolute Gasteiger partial charge is 0.462 e. The van der Waals surface area contributed by atoms with Gasteiger partial charge in [0.2, 0.25) is 0 Å². The van der Waals surface area contributed by atoms with Gasteiger partial charge in [-0.1, -0.05) is 53.7 Å². The Kier molecular flexibility index (Phi) is 9.04. The average Bonchev–Trinajstić information content (AvgIpc) is 3.31. The number of anilines is 1. The summed E-state index contributed by atoms with van der Waals surface area (Å²) in [5.41, 5.74) is 5.22. The number of benzene rings is 3. The molecule has 3 aromatic carbocycles. The Morgan fingerprint density at radius 3 is 2.50 bits per heavy atom. The first-order chi connectivity index (χ1) is 18.4. The van der Waals surface area contributed by atoms with Crippen molar-refractivity contribution in [1.29, 1.82) is 0 Å². The third kappa shape index (κ3) is 6.73. The number of urea groups is 1. The highest BCUT2D eigenvalue weighted by molar-refractivity contribution is 7.98. The van der Waals surface area contributed by atoms with E-state index in [1.165, 1.54) is 11.1 Å². The first-order valence-electron chi connectivity index (χ1n) is 12.1. The number of carbonyl (C=O) groups is 2. The molecule has 1 heterocycles. The number of halogens is 1. The van der Waals surface area contributed by atoms with E-state index >= 15 is 0 Å². The van der Waals surface area contributed by atoms with E-state index in [4.69, 9.17) is 16.3 Å². The number of amides is 2. The SMILES string of the molecule is CCOC(=O)c1ccc(NC(=O)NCc2nnc(SCc3ccccc3C)n2-c2cc(Cl)ccc2C)cc1. The minimum absolute atomic E-state index is 0.136. The van der Waals surface area contributed by atoms with Gasteiger partial charge in [-0.25, -0.2) is 9.59 Å². The smallest absolute Gasteiger partial charge is 0.338 e. The molecule has 0 radical (unpaired) electrons. The molecule has 38 heavy (non-hydrogen) atoms. The number of esters is 1. The number of nitrogens with zero attached hydrogens (tertiary/aromatic N) is 3. The van der Waals surface area contributed by atoms with Crippen LogP contribution >= 0.6 is 23.4 Å². The topological polar surface area (TPSA) is 98.1 Å². The van der Waals surface area contributed by atoms with Gasteiger partial charge in [0.05, 0.1) is 24.4 Å². The summed E-state index contributed by atoms with van der Waals surface area (Å²) in [6, 6.07) is 19.9. The van der Waals surface area contributed by atoms with Gasteiger partial charge in [0.25, 0.3) is 0 Å². The predicted octanol–water partition coefficient (Wildman–Crippen LogP) is 6.33. The number of thioether (sulfide) groups is 1. The summed E-state index contributed by atoms with van der Waals surface area (Å²) in [6.45, 7) is 6.26. The van der Waals surface area contributed by atoms with Crippen molar-refractivity contribution in [3.8, 4) is 5.69 Å². The Labute approximate surface area is 230 Å². The Balaban J connectivity index is 1.50. The molecular weight excluding hydrogens is 522 g/mol. The van der Waals surface area contributed by atoms with Crippen LogP contribution in [0.4, 0.5) is 10.5 Å². The summed E-state index contributed by atoms with van der Waals surface area (Å²) >= 11 is 7.90. The van der Waals surface area contributed by atoms with Crippen LogP contribution in [0, 0.1) is 13.8 Å². The lowest BCUT2D eigenvalue weighted by atomic mass is 10.1. The molecule has 4 aromatic rings. The van der Waals surface area contributed by atoms with Crippen LogP contribution in [-0.2, 0) is 17.0 Å². The van der Waals surface area contributed by atoms with Crippen LogP contribution in [0.15, 0.2) is 71.9 Å². The zero-order chi connectivity index (χ0) is 27.1. The predicted molar refractivity (Wildman–Crippen MR) is 150 cm³/mol. The lowest BCUT2D eigenvalue weighted by Gasteiger charge is -2.14. The summed E-state index contributed by atoms with van der Waals surface area (Å²) in [4.78, 5) is 24.5. The third-order valence-electron chi connectivity index (χ3n) is 5.79. The van der Waals surface area contributed by atoms with Crippen molar-refractivity contribution in [1.82, 2.24) is 20.1 Å². The maximum atomic E-state index is 12.6. The summed E-state index contributed by atoms with van der Waals surface area (Å²) in [5, 5.41) is 15.7. The molecule has 196 valence electrons. The number of rotatable bonds is 9. The molecule has 2 N–H and O–H groups in total. The average molecular weight is 550 g/mol. The standard InChI is InChI=1S/C28H28ClN5O3S/c1-4-37-26(35)20-10-13-23(14-11-20)31-27(36)30-16-25-32-33-28(38-17-21-8-6-5-7-18(21)2)34(25)24-15-22(29)12-9-19(24)3/h5-15H,4,16-17H2,1-3H3,(H2,30,31,36). The van der Waals surface area contributed by atoms with Crippen molar-refractivity contribution in [2.75, 3.05) is 11.9 Å². The van der Waals surface area contributed by atoms with Gasteiger partial charge >= 0.3 is 12.0 Å². The van der Waals surface area contributed by atoms with E-state index < -0.39 is 12.0 Å². The van der Waals surface area contributed by atoms with E-state index in [9.17, 15) is 9.59 Å². The molecule has 0 fully saturated rings. The molecule has 0 bridgehead atoms. The van der Waals surface area contributed by atoms with Gasteiger partial charge in [0.15, 0.2) is 11.0 Å². The molecule has 4 rings (SSSR count). The molecule has 0 spiro atoms. The van der Waals surface area contributed by atoms with E-state index in [1.54, 1.807) is 43.0 Å². The van der Waals surface area contributed by atoms with Gasteiger partial charge in [-0.2, -0.15) is 0 Å². The second-order valence-corrected chi connectivity index (χ2v) is 9.86. The number of carbonyl (C=O) groups excluding carboxylic acids is 2. The Bertz CT molecular complexity index is 1440. The van der Waals surface area contributed by atoms with Crippen LogP contribution in [-0.4, -0.2) is 33.4 Å². The maximum Gasteiger partial charge on any atom is 0.338 e. The van der Waals surface area contributed by atoms with Crippen molar-refractivity contribution in [2.45, 2.75) is 38.2 Å². The molecule has 10 heteroatoms. The van der Waals surface area contributed by atoms with E-state index in [0.29, 0.717) is 33.9 Å². The van der Waals surface area contributed by atoms with Crippen molar-refractivity contribution in [3.63, 3.8) is 0 Å². The summed E-state index contributed by atoms with van der Waals surface area (Å²) in [7, 11) is 0. The van der Waals surface area contributed by atoms with E-state index in [2.05, 4.69) is 39.9 Å². The van der Waals surface area contributed by atoms with Gasteiger partial charge in [-0.05, 0) is 73.9 Å². The fourth-order valence-corrected chi connectivity index (χ4v) is 4.93. The van der Waals surface area contributed by atoms with Crippen molar-refractivity contribution < 1.29 is 14.3 Å². The Morgan fingerprint density at radius 1 is 1.00 bits per heavy atom. The van der Waals surface area contributed by atoms with Crippen LogP contribution in [0.3, 0.4) is 0 Å². The van der Waals surface area contributed by atoms with Crippen LogP contribution in [0.5, 0.6) is 0 Å². The lowest BCUT2D eigenvalue weighted by Crippen LogP contribution is -2.29. The van der Waals surface area contributed by atoms with Gasteiger partial charge in [-0.15, -0.1) is 10.2 Å².